The van der Waals surface area contributed by atoms with Crippen LogP contribution in [0.1, 0.15) is 79.9 Å². The van der Waals surface area contributed by atoms with Crippen molar-refractivity contribution in [3.63, 3.8) is 0 Å². The van der Waals surface area contributed by atoms with E-state index in [2.05, 4.69) is 25.9 Å². The van der Waals surface area contributed by atoms with Crippen molar-refractivity contribution in [2.24, 2.45) is 11.5 Å². The third-order valence-electron chi connectivity index (χ3n) is 7.54. The van der Waals surface area contributed by atoms with Gasteiger partial charge in [-0.3, -0.25) is 25.0 Å². The number of hydrogen-bond acceptors (Lipinski definition) is 14. The van der Waals surface area contributed by atoms with Crippen molar-refractivity contribution in [3.05, 3.63) is 126 Å². The smallest absolute Gasteiger partial charge is 0.446 e. The summed E-state index contributed by atoms with van der Waals surface area (Å²) in [6.45, 7) is 12.5. The third kappa shape index (κ3) is 18.5. The Balaban J connectivity index is 0.000000334. The van der Waals surface area contributed by atoms with Gasteiger partial charge in [0.15, 0.2) is 17.1 Å². The number of amides is 4. The minimum absolute atomic E-state index is 0. The van der Waals surface area contributed by atoms with E-state index in [1.807, 2.05) is 78.9 Å². The fourth-order valence-corrected chi connectivity index (χ4v) is 5.01. The molecule has 0 bridgehead atoms. The molecule has 0 aliphatic heterocycles. The molecule has 3 heterocycles. The van der Waals surface area contributed by atoms with Gasteiger partial charge in [-0.2, -0.15) is 28.5 Å². The van der Waals surface area contributed by atoms with Crippen LogP contribution < -0.4 is 34.0 Å². The Hall–Kier alpha value is -8.54. The van der Waals surface area contributed by atoms with Crippen molar-refractivity contribution in [2.75, 3.05) is 23.0 Å². The number of alkyl halides is 3. The molecule has 0 aliphatic carbocycles. The molecule has 24 heteroatoms. The van der Waals surface area contributed by atoms with Gasteiger partial charge >= 0.3 is 24.3 Å². The van der Waals surface area contributed by atoms with Gasteiger partial charge in [0.2, 0.25) is 6.29 Å². The van der Waals surface area contributed by atoms with Gasteiger partial charge in [-0.25, -0.2) is 28.4 Å². The molecule has 11 N–H and O–H groups in total. The largest absolute Gasteiger partial charge is 0.461 e. The van der Waals surface area contributed by atoms with Crippen molar-refractivity contribution < 1.29 is 56.1 Å². The Labute approximate surface area is 388 Å². The van der Waals surface area contributed by atoms with Crippen molar-refractivity contribution in [2.45, 2.75) is 65.8 Å². The first-order valence-electron chi connectivity index (χ1n) is 19.8. The van der Waals surface area contributed by atoms with Crippen LogP contribution >= 0.6 is 0 Å². The molecular weight excluding hydrogens is 898 g/mol. The minimum Gasteiger partial charge on any atom is -0.461 e. The molecule has 68 heavy (non-hydrogen) atoms. The molecule has 0 aliphatic rings. The molecule has 6 aromatic rings. The summed E-state index contributed by atoms with van der Waals surface area (Å²) in [4.78, 5) is 66.7. The summed E-state index contributed by atoms with van der Waals surface area (Å²) in [7, 11) is 0. The maximum atomic E-state index is 12.0. The fraction of sp³-hybridized carbons (Fsp3) is 0.250. The Morgan fingerprint density at radius 3 is 1.25 bits per heavy atom. The van der Waals surface area contributed by atoms with Crippen molar-refractivity contribution in [3.8, 4) is 17.1 Å². The Morgan fingerprint density at radius 1 is 0.603 bits per heavy atom. The number of para-hydroxylation sites is 3. The van der Waals surface area contributed by atoms with Crippen LogP contribution in [0.5, 0.6) is 0 Å². The molecule has 0 unspecified atom stereocenters. The molecule has 364 valence electrons. The zero-order chi connectivity index (χ0) is 50.1. The number of nitrogen functional groups attached to an aromatic ring is 1. The third-order valence-corrected chi connectivity index (χ3v) is 7.54. The minimum atomic E-state index is -4.64. The zero-order valence-corrected chi connectivity index (χ0v) is 38.1. The van der Waals surface area contributed by atoms with Crippen LogP contribution in [-0.2, 0) is 19.0 Å². The van der Waals surface area contributed by atoms with Crippen molar-refractivity contribution in [1.29, 1.82) is 0 Å². The molecule has 0 saturated carbocycles. The number of rotatable bonds is 9. The molecule has 0 radical (unpaired) electrons. The van der Waals surface area contributed by atoms with E-state index in [1.54, 1.807) is 60.6 Å². The van der Waals surface area contributed by atoms with Gasteiger partial charge < -0.3 is 37.6 Å². The lowest BCUT2D eigenvalue weighted by molar-refractivity contribution is -0.156. The number of hydrogen-bond donors (Lipinski definition) is 6. The number of aromatic nitrogens is 6. The highest BCUT2D eigenvalue weighted by Crippen LogP contribution is 2.21. The molecule has 0 atom stereocenters. The molecule has 21 nitrogen and oxygen atoms in total. The number of halogens is 3. The van der Waals surface area contributed by atoms with E-state index in [1.165, 1.54) is 32.2 Å². The van der Waals surface area contributed by atoms with E-state index in [0.29, 0.717) is 28.8 Å². The molecular formula is C44H53F3N12O9. The fourth-order valence-electron chi connectivity index (χ4n) is 5.01. The number of nitrogens with zero attached hydrogens (tertiary/aromatic N) is 6. The standard InChI is InChI=1S/C17H21N3O4.C15H18N4O3.C10H10N4O.C2HF3O.H3N/c1-5-23-15(21)13-11-14(18-16(22)24-17(2,3)4)20(19-13)12-9-7-6-8-10-12;1-15(2,3)22-14(21)17-12-9-11(13(16)20)18-19(12)10-7-5-4-6-8-10;11-9-6-8(10(12)15)13-14(9)7-4-2-1-3-5-7;3-2(4,5)1-6;/h6-11H,5H2,1-4H3,(H,18,22);4-9H,1-3H3,(H2,16,20)(H,17,21);1-6H,11H2,(H2,12,15);1H;1H3. The molecule has 0 fully saturated rings. The number of anilines is 3. The van der Waals surface area contributed by atoms with Gasteiger partial charge in [0.1, 0.15) is 28.7 Å². The van der Waals surface area contributed by atoms with Gasteiger partial charge in [-0.15, -0.1) is 0 Å². The Morgan fingerprint density at radius 2 is 0.926 bits per heavy atom. The second-order valence-corrected chi connectivity index (χ2v) is 15.4. The normalized spacial score (nSPS) is 10.7. The highest BCUT2D eigenvalue weighted by atomic mass is 19.4. The first-order valence-corrected chi connectivity index (χ1v) is 19.8. The van der Waals surface area contributed by atoms with E-state index < -0.39 is 53.6 Å². The number of primary amides is 2. The zero-order valence-electron chi connectivity index (χ0n) is 38.1. The lowest BCUT2D eigenvalue weighted by Gasteiger charge is -2.19. The predicted octanol–water partition coefficient (Wildman–Crippen LogP) is 7.18. The van der Waals surface area contributed by atoms with Crippen LogP contribution in [-0.4, -0.2) is 89.6 Å². The van der Waals surface area contributed by atoms with Crippen LogP contribution in [0.3, 0.4) is 0 Å². The summed E-state index contributed by atoms with van der Waals surface area (Å²) < 4.78 is 51.0. The number of aldehydes is 1. The molecule has 3 aromatic heterocycles. The van der Waals surface area contributed by atoms with Crippen molar-refractivity contribution in [1.82, 2.24) is 35.5 Å². The van der Waals surface area contributed by atoms with Crippen LogP contribution in [0.15, 0.2) is 109 Å². The Kier molecular flexibility index (Phi) is 20.2. The topological polar surface area (TPSA) is 321 Å². The van der Waals surface area contributed by atoms with Crippen molar-refractivity contribution >= 4 is 53.7 Å². The van der Waals surface area contributed by atoms with Gasteiger partial charge in [-0.1, -0.05) is 54.6 Å². The lowest BCUT2D eigenvalue weighted by atomic mass is 10.2. The Bertz CT molecular complexity index is 2600. The van der Waals surface area contributed by atoms with Gasteiger partial charge in [0, 0.05) is 18.2 Å². The summed E-state index contributed by atoms with van der Waals surface area (Å²) in [6.07, 6.45) is -6.97. The van der Waals surface area contributed by atoms with Crippen LogP contribution in [0.2, 0.25) is 0 Å². The SMILES string of the molecule is CC(C)(C)OC(=O)Nc1cc(C(N)=O)nn1-c1ccccc1.CCOC(=O)c1cc(NC(=O)OC(C)(C)C)n(-c2ccccc2)n1.N.NC(=O)c1cc(N)n(-c2ccccc2)n1.O=CC(F)(F)F. The number of carbonyl (C=O) groups excluding carboxylic acids is 6. The lowest BCUT2D eigenvalue weighted by Crippen LogP contribution is -2.27. The monoisotopic (exact) mass is 950 g/mol. The number of nitrogens with two attached hydrogens (primary N) is 3. The predicted molar refractivity (Wildman–Crippen MR) is 245 cm³/mol. The summed E-state index contributed by atoms with van der Waals surface area (Å²) in [5.74, 6) is -0.819. The van der Waals surface area contributed by atoms with Gasteiger partial charge in [0.25, 0.3) is 11.8 Å². The molecule has 0 spiro atoms. The number of benzene rings is 3. The molecule has 0 saturated heterocycles. The first-order chi connectivity index (χ1) is 31.3. The molecule has 3 aromatic carbocycles. The number of nitrogens with one attached hydrogen (secondary N) is 2. The molecule has 6 rings (SSSR count). The maximum absolute atomic E-state index is 12.0. The van der Waals surface area contributed by atoms with Crippen LogP contribution in [0.4, 0.5) is 40.2 Å². The second-order valence-electron chi connectivity index (χ2n) is 15.4. The number of ether oxygens (including phenoxy) is 3. The van der Waals surface area contributed by atoms with Crippen LogP contribution in [0.25, 0.3) is 17.1 Å². The highest BCUT2D eigenvalue weighted by molar-refractivity contribution is 5.94. The highest BCUT2D eigenvalue weighted by Gasteiger charge is 2.25. The van der Waals surface area contributed by atoms with E-state index in [4.69, 9.17) is 36.2 Å². The van der Waals surface area contributed by atoms with Gasteiger partial charge in [-0.05, 0) is 84.9 Å². The number of esters is 1. The second kappa shape index (κ2) is 24.7. The van der Waals surface area contributed by atoms with E-state index >= 15 is 0 Å². The average Bonchev–Trinajstić information content (AvgIpc) is 3.98. The average molecular weight is 951 g/mol. The van der Waals surface area contributed by atoms with E-state index in [-0.39, 0.29) is 29.8 Å². The first kappa shape index (κ1) is 55.6. The summed E-state index contributed by atoms with van der Waals surface area (Å²) in [5, 5.41) is 17.5. The summed E-state index contributed by atoms with van der Waals surface area (Å²) in [6, 6.07) is 31.8. The van der Waals surface area contributed by atoms with Crippen LogP contribution in [0, 0.1) is 0 Å². The maximum Gasteiger partial charge on any atom is 0.446 e. The number of carbonyl (C=O) groups is 6. The van der Waals surface area contributed by atoms with E-state index in [0.717, 1.165) is 5.69 Å². The summed E-state index contributed by atoms with van der Waals surface area (Å²) in [5.41, 5.74) is 17.3. The molecule has 4 amide bonds. The quantitative estimate of drug-likeness (QED) is 0.0475. The van der Waals surface area contributed by atoms with E-state index in [9.17, 15) is 37.1 Å². The van der Waals surface area contributed by atoms with Gasteiger partial charge in [0.05, 0.1) is 23.7 Å². The summed E-state index contributed by atoms with van der Waals surface area (Å²) >= 11 is 0.